The zero-order valence-corrected chi connectivity index (χ0v) is 10.9. The van der Waals surface area contributed by atoms with E-state index in [-0.39, 0.29) is 11.8 Å². The summed E-state index contributed by atoms with van der Waals surface area (Å²) in [7, 11) is 0. The summed E-state index contributed by atoms with van der Waals surface area (Å²) < 4.78 is 0. The molecule has 1 heterocycles. The number of carbonyl (C=O) groups is 2. The fraction of sp³-hybridized carbons (Fsp3) is 0.429. The van der Waals surface area contributed by atoms with Gasteiger partial charge in [0.25, 0.3) is 0 Å². The van der Waals surface area contributed by atoms with E-state index in [9.17, 15) is 9.59 Å². The van der Waals surface area contributed by atoms with Crippen LogP contribution in [0.25, 0.3) is 0 Å². The zero-order chi connectivity index (χ0) is 13.7. The average Bonchev–Trinajstić information content (AvgIpc) is 2.82. The van der Waals surface area contributed by atoms with Crippen molar-refractivity contribution in [2.24, 2.45) is 5.73 Å². The highest BCUT2D eigenvalue weighted by molar-refractivity contribution is 5.92. The van der Waals surface area contributed by atoms with E-state index in [0.717, 1.165) is 24.2 Å². The summed E-state index contributed by atoms with van der Waals surface area (Å²) in [5.41, 5.74) is 7.28. The van der Waals surface area contributed by atoms with Gasteiger partial charge in [0.2, 0.25) is 11.8 Å². The molecule has 0 aliphatic carbocycles. The number of para-hydroxylation sites is 1. The van der Waals surface area contributed by atoms with Gasteiger partial charge in [-0.2, -0.15) is 0 Å². The number of nitrogens with zero attached hydrogens (tertiary/aromatic N) is 1. The molecular weight excluding hydrogens is 242 g/mol. The summed E-state index contributed by atoms with van der Waals surface area (Å²) >= 11 is 0. The van der Waals surface area contributed by atoms with Crippen LogP contribution in [0.15, 0.2) is 24.3 Å². The highest BCUT2D eigenvalue weighted by Crippen LogP contribution is 2.15. The number of carbonyl (C=O) groups excluding carboxylic acids is 2. The lowest BCUT2D eigenvalue weighted by Gasteiger charge is -2.15. The van der Waals surface area contributed by atoms with E-state index in [1.54, 1.807) is 4.90 Å². The summed E-state index contributed by atoms with van der Waals surface area (Å²) in [6.07, 6.45) is 1.83. The first-order valence-electron chi connectivity index (χ1n) is 6.56. The maximum absolute atomic E-state index is 11.9. The van der Waals surface area contributed by atoms with Gasteiger partial charge in [-0.15, -0.1) is 0 Å². The Morgan fingerprint density at radius 2 is 2.16 bits per heavy atom. The highest BCUT2D eigenvalue weighted by Gasteiger charge is 2.20. The van der Waals surface area contributed by atoms with Crippen LogP contribution in [-0.4, -0.2) is 29.8 Å². The van der Waals surface area contributed by atoms with Gasteiger partial charge in [0.15, 0.2) is 0 Å². The molecule has 1 aromatic carbocycles. The number of likely N-dealkylation sites (tertiary alicyclic amines) is 1. The Bertz CT molecular complexity index is 474. The Hall–Kier alpha value is -1.88. The Labute approximate surface area is 112 Å². The van der Waals surface area contributed by atoms with Crippen LogP contribution in [0, 0.1) is 0 Å². The van der Waals surface area contributed by atoms with Gasteiger partial charge in [0.1, 0.15) is 0 Å². The topological polar surface area (TPSA) is 75.4 Å². The predicted molar refractivity (Wildman–Crippen MR) is 73.4 cm³/mol. The van der Waals surface area contributed by atoms with Crippen molar-refractivity contribution in [1.82, 2.24) is 4.90 Å². The minimum absolute atomic E-state index is 0.0828. The monoisotopic (exact) mass is 261 g/mol. The Morgan fingerprint density at radius 1 is 1.37 bits per heavy atom. The van der Waals surface area contributed by atoms with Crippen LogP contribution >= 0.6 is 0 Å². The van der Waals surface area contributed by atoms with Crippen LogP contribution in [0.2, 0.25) is 0 Å². The first-order chi connectivity index (χ1) is 9.20. The molecule has 5 heteroatoms. The molecule has 0 spiro atoms. The summed E-state index contributed by atoms with van der Waals surface area (Å²) in [5.74, 6) is 0.0655. The number of anilines is 1. The lowest BCUT2D eigenvalue weighted by molar-refractivity contribution is -0.128. The Balaban J connectivity index is 1.85. The van der Waals surface area contributed by atoms with Gasteiger partial charge >= 0.3 is 0 Å². The maximum atomic E-state index is 11.9. The number of nitrogens with one attached hydrogen (secondary N) is 1. The quantitative estimate of drug-likeness (QED) is 0.833. The number of rotatable bonds is 5. The van der Waals surface area contributed by atoms with Gasteiger partial charge in [0, 0.05) is 38.2 Å². The number of benzene rings is 1. The van der Waals surface area contributed by atoms with Gasteiger partial charge in [-0.25, -0.2) is 0 Å². The smallest absolute Gasteiger partial charge is 0.226 e. The predicted octanol–water partition coefficient (Wildman–Crippen LogP) is 1.10. The fourth-order valence-corrected chi connectivity index (χ4v) is 2.21. The largest absolute Gasteiger partial charge is 0.342 e. The van der Waals surface area contributed by atoms with Crippen LogP contribution in [0.4, 0.5) is 5.69 Å². The van der Waals surface area contributed by atoms with Crippen LogP contribution in [0.1, 0.15) is 24.8 Å². The van der Waals surface area contributed by atoms with Crippen LogP contribution in [0.5, 0.6) is 0 Å². The molecule has 1 saturated heterocycles. The Kier molecular flexibility index (Phi) is 4.52. The van der Waals surface area contributed by atoms with Crippen molar-refractivity contribution < 1.29 is 9.59 Å². The van der Waals surface area contributed by atoms with E-state index >= 15 is 0 Å². The second-order valence-electron chi connectivity index (χ2n) is 4.64. The molecule has 2 amide bonds. The summed E-state index contributed by atoms with van der Waals surface area (Å²) in [6, 6.07) is 7.47. The first kappa shape index (κ1) is 13.5. The normalized spacial score (nSPS) is 14.8. The Morgan fingerprint density at radius 3 is 2.84 bits per heavy atom. The van der Waals surface area contributed by atoms with E-state index in [4.69, 9.17) is 5.73 Å². The standard InChI is InChI=1S/C14H19N3O2/c15-10-11-4-1-2-5-12(11)16-13(18)7-9-17-8-3-6-14(17)19/h1-2,4-5H,3,6-10,15H2,(H,16,18). The third-order valence-electron chi connectivity index (χ3n) is 3.29. The lowest BCUT2D eigenvalue weighted by Crippen LogP contribution is -2.28. The van der Waals surface area contributed by atoms with Crippen LogP contribution in [0.3, 0.4) is 0 Å². The van der Waals surface area contributed by atoms with Crippen molar-refractivity contribution in [1.29, 1.82) is 0 Å². The molecule has 0 bridgehead atoms. The summed E-state index contributed by atoms with van der Waals surface area (Å²) in [5, 5.41) is 2.84. The van der Waals surface area contributed by atoms with E-state index in [1.807, 2.05) is 24.3 Å². The summed E-state index contributed by atoms with van der Waals surface area (Å²) in [4.78, 5) is 25.0. The zero-order valence-electron chi connectivity index (χ0n) is 10.9. The molecule has 1 aromatic rings. The van der Waals surface area contributed by atoms with Crippen molar-refractivity contribution in [2.75, 3.05) is 18.4 Å². The first-order valence-corrected chi connectivity index (χ1v) is 6.56. The average molecular weight is 261 g/mol. The van der Waals surface area contributed by atoms with Crippen molar-refractivity contribution >= 4 is 17.5 Å². The fourth-order valence-electron chi connectivity index (χ4n) is 2.21. The maximum Gasteiger partial charge on any atom is 0.226 e. The summed E-state index contributed by atoms with van der Waals surface area (Å²) in [6.45, 7) is 1.65. The number of nitrogens with two attached hydrogens (primary N) is 1. The molecule has 0 atom stereocenters. The third-order valence-corrected chi connectivity index (χ3v) is 3.29. The molecule has 0 unspecified atom stereocenters. The molecule has 5 nitrogen and oxygen atoms in total. The van der Waals surface area contributed by atoms with E-state index in [0.29, 0.717) is 25.9 Å². The van der Waals surface area contributed by atoms with Gasteiger partial charge in [-0.05, 0) is 18.1 Å². The minimum Gasteiger partial charge on any atom is -0.342 e. The van der Waals surface area contributed by atoms with Gasteiger partial charge in [-0.1, -0.05) is 18.2 Å². The number of amides is 2. The SMILES string of the molecule is NCc1ccccc1NC(=O)CCN1CCCC1=O. The molecular formula is C14H19N3O2. The molecule has 1 aliphatic rings. The van der Waals surface area contributed by atoms with Crippen LogP contribution in [-0.2, 0) is 16.1 Å². The van der Waals surface area contributed by atoms with Crippen molar-refractivity contribution in [2.45, 2.75) is 25.8 Å². The second kappa shape index (κ2) is 6.33. The number of hydrogen-bond acceptors (Lipinski definition) is 3. The molecule has 19 heavy (non-hydrogen) atoms. The minimum atomic E-state index is -0.0828. The third kappa shape index (κ3) is 3.54. The molecule has 3 N–H and O–H groups in total. The molecule has 2 rings (SSSR count). The highest BCUT2D eigenvalue weighted by atomic mass is 16.2. The molecule has 0 radical (unpaired) electrons. The molecule has 0 saturated carbocycles. The molecule has 0 aromatic heterocycles. The van der Waals surface area contributed by atoms with E-state index in [1.165, 1.54) is 0 Å². The van der Waals surface area contributed by atoms with Crippen molar-refractivity contribution in [3.8, 4) is 0 Å². The van der Waals surface area contributed by atoms with Crippen molar-refractivity contribution in [3.63, 3.8) is 0 Å². The van der Waals surface area contributed by atoms with Gasteiger partial charge in [0.05, 0.1) is 0 Å². The van der Waals surface area contributed by atoms with Crippen LogP contribution < -0.4 is 11.1 Å². The number of hydrogen-bond donors (Lipinski definition) is 2. The lowest BCUT2D eigenvalue weighted by atomic mass is 10.1. The van der Waals surface area contributed by atoms with E-state index < -0.39 is 0 Å². The molecule has 1 fully saturated rings. The van der Waals surface area contributed by atoms with Crippen molar-refractivity contribution in [3.05, 3.63) is 29.8 Å². The van der Waals surface area contributed by atoms with E-state index in [2.05, 4.69) is 5.32 Å². The molecule has 102 valence electrons. The van der Waals surface area contributed by atoms with Gasteiger partial charge in [-0.3, -0.25) is 9.59 Å². The molecule has 1 aliphatic heterocycles. The second-order valence-corrected chi connectivity index (χ2v) is 4.64. The van der Waals surface area contributed by atoms with Gasteiger partial charge < -0.3 is 16.0 Å².